The van der Waals surface area contributed by atoms with Crippen LogP contribution in [0, 0.1) is 0 Å². The number of piperidine rings is 1. The highest BCUT2D eigenvalue weighted by Crippen LogP contribution is 2.11. The van der Waals surface area contributed by atoms with Gasteiger partial charge in [0.1, 0.15) is 0 Å². The summed E-state index contributed by atoms with van der Waals surface area (Å²) in [6, 6.07) is 0. The number of rotatable bonds is 7. The molecule has 16 heavy (non-hydrogen) atoms. The molecule has 3 heteroatoms. The number of likely N-dealkylation sites (tertiary alicyclic amines) is 1. The number of nitrogens with zero attached hydrogens (tertiary/aromatic N) is 2. The SMILES string of the molecule is CCCN(CC)CCOC1CCN(C)CC1. The van der Waals surface area contributed by atoms with Crippen molar-refractivity contribution in [1.29, 1.82) is 0 Å². The summed E-state index contributed by atoms with van der Waals surface area (Å²) in [5.41, 5.74) is 0. The van der Waals surface area contributed by atoms with Crippen molar-refractivity contribution in [3.8, 4) is 0 Å². The topological polar surface area (TPSA) is 15.7 Å². The molecule has 0 radical (unpaired) electrons. The summed E-state index contributed by atoms with van der Waals surface area (Å²) in [6.07, 6.45) is 4.16. The summed E-state index contributed by atoms with van der Waals surface area (Å²) >= 11 is 0. The van der Waals surface area contributed by atoms with Gasteiger partial charge in [-0.25, -0.2) is 0 Å². The van der Waals surface area contributed by atoms with E-state index in [4.69, 9.17) is 4.74 Å². The molecule has 0 saturated carbocycles. The van der Waals surface area contributed by atoms with Crippen molar-refractivity contribution in [3.63, 3.8) is 0 Å². The number of hydrogen-bond acceptors (Lipinski definition) is 3. The maximum atomic E-state index is 5.94. The summed E-state index contributed by atoms with van der Waals surface area (Å²) in [4.78, 5) is 4.85. The first-order valence-electron chi connectivity index (χ1n) is 6.78. The molecule has 0 aromatic heterocycles. The van der Waals surface area contributed by atoms with Crippen LogP contribution in [-0.4, -0.2) is 62.3 Å². The van der Waals surface area contributed by atoms with E-state index in [9.17, 15) is 0 Å². The van der Waals surface area contributed by atoms with Gasteiger partial charge >= 0.3 is 0 Å². The van der Waals surface area contributed by atoms with Gasteiger partial charge in [-0.05, 0) is 39.4 Å². The minimum absolute atomic E-state index is 0.511. The molecule has 1 heterocycles. The molecule has 0 amide bonds. The van der Waals surface area contributed by atoms with Crippen LogP contribution in [-0.2, 0) is 4.74 Å². The van der Waals surface area contributed by atoms with E-state index in [0.29, 0.717) is 6.10 Å². The molecule has 1 aliphatic rings. The fraction of sp³-hybridized carbons (Fsp3) is 1.00. The summed E-state index contributed by atoms with van der Waals surface area (Å²) < 4.78 is 5.94. The molecule has 1 aliphatic heterocycles. The molecule has 0 N–H and O–H groups in total. The van der Waals surface area contributed by atoms with Crippen LogP contribution in [0.3, 0.4) is 0 Å². The molecule has 0 spiro atoms. The Labute approximate surface area is 101 Å². The molecule has 0 unspecified atom stereocenters. The number of ether oxygens (including phenoxy) is 1. The van der Waals surface area contributed by atoms with Gasteiger partial charge in [-0.3, -0.25) is 0 Å². The van der Waals surface area contributed by atoms with E-state index >= 15 is 0 Å². The highest BCUT2D eigenvalue weighted by molar-refractivity contribution is 4.70. The first-order valence-corrected chi connectivity index (χ1v) is 6.78. The third kappa shape index (κ3) is 5.28. The molecule has 0 aromatic carbocycles. The van der Waals surface area contributed by atoms with Crippen LogP contribution in [0.25, 0.3) is 0 Å². The van der Waals surface area contributed by atoms with Gasteiger partial charge in [0.05, 0.1) is 12.7 Å². The molecule has 3 nitrogen and oxygen atoms in total. The maximum absolute atomic E-state index is 5.94. The number of likely N-dealkylation sites (N-methyl/N-ethyl adjacent to an activating group) is 1. The third-order valence-electron chi connectivity index (χ3n) is 3.41. The fourth-order valence-corrected chi connectivity index (χ4v) is 2.24. The van der Waals surface area contributed by atoms with E-state index < -0.39 is 0 Å². The van der Waals surface area contributed by atoms with Gasteiger partial charge in [0.25, 0.3) is 0 Å². The lowest BCUT2D eigenvalue weighted by molar-refractivity contribution is 0.00310. The van der Waals surface area contributed by atoms with Crippen molar-refractivity contribution in [2.45, 2.75) is 39.2 Å². The van der Waals surface area contributed by atoms with Crippen molar-refractivity contribution in [1.82, 2.24) is 9.80 Å². The highest BCUT2D eigenvalue weighted by atomic mass is 16.5. The summed E-state index contributed by atoms with van der Waals surface area (Å²) in [5, 5.41) is 0. The number of hydrogen-bond donors (Lipinski definition) is 0. The lowest BCUT2D eigenvalue weighted by atomic mass is 10.1. The van der Waals surface area contributed by atoms with Crippen LogP contribution in [0.15, 0.2) is 0 Å². The van der Waals surface area contributed by atoms with Gasteiger partial charge < -0.3 is 14.5 Å². The van der Waals surface area contributed by atoms with E-state index in [1.54, 1.807) is 0 Å². The molecular weight excluding hydrogens is 200 g/mol. The Morgan fingerprint density at radius 1 is 1.19 bits per heavy atom. The van der Waals surface area contributed by atoms with Crippen molar-refractivity contribution < 1.29 is 4.74 Å². The molecule has 0 aliphatic carbocycles. The van der Waals surface area contributed by atoms with Gasteiger partial charge in [0.15, 0.2) is 0 Å². The smallest absolute Gasteiger partial charge is 0.0600 e. The molecule has 0 atom stereocenters. The van der Waals surface area contributed by atoms with Gasteiger partial charge in [-0.2, -0.15) is 0 Å². The normalized spacial score (nSPS) is 19.5. The lowest BCUT2D eigenvalue weighted by Crippen LogP contribution is -2.36. The van der Waals surface area contributed by atoms with E-state index in [0.717, 1.165) is 19.7 Å². The molecule has 0 aromatic rings. The van der Waals surface area contributed by atoms with Gasteiger partial charge in [-0.15, -0.1) is 0 Å². The Bertz CT molecular complexity index is 167. The van der Waals surface area contributed by atoms with Crippen molar-refractivity contribution in [3.05, 3.63) is 0 Å². The Balaban J connectivity index is 2.05. The monoisotopic (exact) mass is 228 g/mol. The zero-order chi connectivity index (χ0) is 11.8. The summed E-state index contributed by atoms with van der Waals surface area (Å²) in [5.74, 6) is 0. The van der Waals surface area contributed by atoms with Gasteiger partial charge in [0, 0.05) is 19.6 Å². The molecule has 1 fully saturated rings. The Hall–Kier alpha value is -0.120. The van der Waals surface area contributed by atoms with Gasteiger partial charge in [0.2, 0.25) is 0 Å². The van der Waals surface area contributed by atoms with E-state index in [1.165, 1.54) is 38.9 Å². The minimum atomic E-state index is 0.511. The molecule has 1 rings (SSSR count). The van der Waals surface area contributed by atoms with Crippen LogP contribution in [0.5, 0.6) is 0 Å². The molecule has 0 bridgehead atoms. The fourth-order valence-electron chi connectivity index (χ4n) is 2.24. The Morgan fingerprint density at radius 3 is 2.44 bits per heavy atom. The third-order valence-corrected chi connectivity index (χ3v) is 3.41. The average molecular weight is 228 g/mol. The van der Waals surface area contributed by atoms with Crippen LogP contribution in [0.4, 0.5) is 0 Å². The predicted molar refractivity (Wildman–Crippen MR) is 68.9 cm³/mol. The molecule has 96 valence electrons. The van der Waals surface area contributed by atoms with Crippen molar-refractivity contribution in [2.75, 3.05) is 46.4 Å². The largest absolute Gasteiger partial charge is 0.377 e. The average Bonchev–Trinajstić information content (AvgIpc) is 2.30. The standard InChI is InChI=1S/C13H28N2O/c1-4-8-15(5-2)11-12-16-13-6-9-14(3)10-7-13/h13H,4-12H2,1-3H3. The first kappa shape index (κ1) is 13.9. The van der Waals surface area contributed by atoms with E-state index in [-0.39, 0.29) is 0 Å². The molecular formula is C13H28N2O. The van der Waals surface area contributed by atoms with Crippen LogP contribution in [0.2, 0.25) is 0 Å². The van der Waals surface area contributed by atoms with Crippen LogP contribution < -0.4 is 0 Å². The Morgan fingerprint density at radius 2 is 1.88 bits per heavy atom. The zero-order valence-corrected chi connectivity index (χ0v) is 11.2. The Kier molecular flexibility index (Phi) is 7.01. The highest BCUT2D eigenvalue weighted by Gasteiger charge is 2.16. The van der Waals surface area contributed by atoms with Crippen LogP contribution in [0.1, 0.15) is 33.1 Å². The zero-order valence-electron chi connectivity index (χ0n) is 11.2. The minimum Gasteiger partial charge on any atom is -0.377 e. The van der Waals surface area contributed by atoms with E-state index in [1.807, 2.05) is 0 Å². The second-order valence-electron chi connectivity index (χ2n) is 4.81. The van der Waals surface area contributed by atoms with E-state index in [2.05, 4.69) is 30.7 Å². The lowest BCUT2D eigenvalue weighted by Gasteiger charge is -2.29. The first-order chi connectivity index (χ1) is 7.76. The van der Waals surface area contributed by atoms with Gasteiger partial charge in [-0.1, -0.05) is 13.8 Å². The second kappa shape index (κ2) is 8.04. The summed E-state index contributed by atoms with van der Waals surface area (Å²) in [7, 11) is 2.19. The molecule has 1 saturated heterocycles. The van der Waals surface area contributed by atoms with Crippen LogP contribution >= 0.6 is 0 Å². The second-order valence-corrected chi connectivity index (χ2v) is 4.81. The maximum Gasteiger partial charge on any atom is 0.0600 e. The van der Waals surface area contributed by atoms with Crippen molar-refractivity contribution in [2.24, 2.45) is 0 Å². The summed E-state index contributed by atoms with van der Waals surface area (Å²) in [6.45, 7) is 11.2. The van der Waals surface area contributed by atoms with Crippen molar-refractivity contribution >= 4 is 0 Å². The predicted octanol–water partition coefficient (Wildman–Crippen LogP) is 1.83. The quantitative estimate of drug-likeness (QED) is 0.661.